The van der Waals surface area contributed by atoms with Crippen molar-refractivity contribution in [2.45, 2.75) is 32.7 Å². The highest BCUT2D eigenvalue weighted by molar-refractivity contribution is 9.10. The summed E-state index contributed by atoms with van der Waals surface area (Å²) in [7, 11) is 0. The minimum atomic E-state index is 0.258. The zero-order valence-electron chi connectivity index (χ0n) is 12.1. The first-order valence-corrected chi connectivity index (χ1v) is 7.90. The number of hydrogen-bond acceptors (Lipinski definition) is 2. The first kappa shape index (κ1) is 15.2. The number of benzene rings is 1. The van der Waals surface area contributed by atoms with Crippen molar-refractivity contribution in [2.75, 3.05) is 6.54 Å². The molecule has 2 nitrogen and oxygen atoms in total. The van der Waals surface area contributed by atoms with E-state index in [2.05, 4.69) is 63.5 Å². The van der Waals surface area contributed by atoms with Crippen molar-refractivity contribution in [1.29, 1.82) is 0 Å². The predicted octanol–water partition coefficient (Wildman–Crippen LogP) is 4.44. The van der Waals surface area contributed by atoms with Gasteiger partial charge in [-0.1, -0.05) is 47.1 Å². The topological polar surface area (TPSA) is 24.9 Å². The second-order valence-electron chi connectivity index (χ2n) is 5.01. The van der Waals surface area contributed by atoms with Gasteiger partial charge in [-0.2, -0.15) is 0 Å². The van der Waals surface area contributed by atoms with Crippen molar-refractivity contribution in [3.05, 3.63) is 63.9 Å². The average molecular weight is 333 g/mol. The Labute approximate surface area is 129 Å². The minimum Gasteiger partial charge on any atom is -0.308 e. The van der Waals surface area contributed by atoms with Crippen molar-refractivity contribution < 1.29 is 0 Å². The third-order valence-electron chi connectivity index (χ3n) is 3.29. The van der Waals surface area contributed by atoms with Crippen LogP contribution in [-0.4, -0.2) is 11.5 Å². The van der Waals surface area contributed by atoms with Gasteiger partial charge in [0.25, 0.3) is 0 Å². The first-order valence-electron chi connectivity index (χ1n) is 7.11. The molecule has 1 atom stereocenters. The third-order valence-corrected chi connectivity index (χ3v) is 4.06. The van der Waals surface area contributed by atoms with Crippen LogP contribution in [0.15, 0.2) is 46.9 Å². The molecule has 1 N–H and O–H groups in total. The van der Waals surface area contributed by atoms with Gasteiger partial charge < -0.3 is 5.32 Å². The summed E-state index contributed by atoms with van der Waals surface area (Å²) in [5.74, 6) is 0. The molecule has 0 saturated carbocycles. The van der Waals surface area contributed by atoms with Gasteiger partial charge in [-0.15, -0.1) is 0 Å². The third kappa shape index (κ3) is 4.15. The second-order valence-corrected chi connectivity index (χ2v) is 5.86. The zero-order chi connectivity index (χ0) is 14.4. The smallest absolute Gasteiger partial charge is 0.0579 e. The van der Waals surface area contributed by atoms with E-state index >= 15 is 0 Å². The summed E-state index contributed by atoms with van der Waals surface area (Å²) in [6, 6.07) is 14.9. The molecule has 2 aromatic rings. The van der Waals surface area contributed by atoms with Gasteiger partial charge in [0.15, 0.2) is 0 Å². The number of hydrogen-bond donors (Lipinski definition) is 1. The first-order chi connectivity index (χ1) is 9.70. The lowest BCUT2D eigenvalue weighted by molar-refractivity contribution is 0.516. The summed E-state index contributed by atoms with van der Waals surface area (Å²) >= 11 is 3.63. The lowest BCUT2D eigenvalue weighted by Crippen LogP contribution is -2.25. The molecule has 0 radical (unpaired) electrons. The van der Waals surface area contributed by atoms with Gasteiger partial charge in [-0.05, 0) is 50.1 Å². The average Bonchev–Trinajstić information content (AvgIpc) is 2.45. The van der Waals surface area contributed by atoms with Crippen molar-refractivity contribution in [3.63, 3.8) is 0 Å². The highest BCUT2D eigenvalue weighted by Gasteiger charge is 2.14. The lowest BCUT2D eigenvalue weighted by Gasteiger charge is -2.19. The van der Waals surface area contributed by atoms with E-state index in [1.807, 2.05) is 19.1 Å². The summed E-state index contributed by atoms with van der Waals surface area (Å²) in [4.78, 5) is 4.67. The number of aryl methyl sites for hydroxylation is 1. The summed E-state index contributed by atoms with van der Waals surface area (Å²) < 4.78 is 1.16. The van der Waals surface area contributed by atoms with E-state index in [-0.39, 0.29) is 6.04 Å². The van der Waals surface area contributed by atoms with Crippen molar-refractivity contribution in [2.24, 2.45) is 0 Å². The summed E-state index contributed by atoms with van der Waals surface area (Å²) in [6.45, 7) is 5.23. The minimum absolute atomic E-state index is 0.258. The maximum absolute atomic E-state index is 4.67. The van der Waals surface area contributed by atoms with Crippen molar-refractivity contribution >= 4 is 15.9 Å². The van der Waals surface area contributed by atoms with E-state index in [0.29, 0.717) is 0 Å². The van der Waals surface area contributed by atoms with Gasteiger partial charge in [0.1, 0.15) is 0 Å². The molecule has 0 amide bonds. The van der Waals surface area contributed by atoms with Crippen molar-refractivity contribution in [1.82, 2.24) is 10.3 Å². The van der Waals surface area contributed by atoms with Crippen LogP contribution in [-0.2, 0) is 6.42 Å². The number of halogens is 1. The molecule has 1 aromatic carbocycles. The van der Waals surface area contributed by atoms with E-state index < -0.39 is 0 Å². The molecule has 0 bridgehead atoms. The summed E-state index contributed by atoms with van der Waals surface area (Å²) in [5.41, 5.74) is 3.50. The number of rotatable bonds is 6. The maximum Gasteiger partial charge on any atom is 0.0579 e. The van der Waals surface area contributed by atoms with Crippen LogP contribution in [0.4, 0.5) is 0 Å². The molecular formula is C17H21BrN2. The summed E-state index contributed by atoms with van der Waals surface area (Å²) in [5, 5.41) is 3.61. The molecule has 0 aliphatic carbocycles. The molecule has 2 rings (SSSR count). The molecule has 1 heterocycles. The predicted molar refractivity (Wildman–Crippen MR) is 87.9 cm³/mol. The molecule has 0 aliphatic heterocycles. The van der Waals surface area contributed by atoms with E-state index in [1.165, 1.54) is 5.56 Å². The standard InChI is InChI=1S/C17H21BrN2/c1-3-11-19-17(16-10-6-7-13(2)20-16)12-14-8-4-5-9-15(14)18/h4-10,17,19H,3,11-12H2,1-2H3. The SMILES string of the molecule is CCCNC(Cc1ccccc1Br)c1cccc(C)n1. The van der Waals surface area contributed by atoms with Gasteiger partial charge in [0, 0.05) is 10.2 Å². The fraction of sp³-hybridized carbons (Fsp3) is 0.353. The Bertz CT molecular complexity index is 554. The Balaban J connectivity index is 2.21. The molecule has 0 aliphatic rings. The molecule has 20 heavy (non-hydrogen) atoms. The normalized spacial score (nSPS) is 12.3. The van der Waals surface area contributed by atoms with E-state index in [1.54, 1.807) is 0 Å². The van der Waals surface area contributed by atoms with Gasteiger partial charge in [0.2, 0.25) is 0 Å². The van der Waals surface area contributed by atoms with Crippen LogP contribution in [0.5, 0.6) is 0 Å². The van der Waals surface area contributed by atoms with Crippen LogP contribution in [0, 0.1) is 6.92 Å². The summed E-state index contributed by atoms with van der Waals surface area (Å²) in [6.07, 6.45) is 2.07. The Morgan fingerprint density at radius 2 is 1.95 bits per heavy atom. The highest BCUT2D eigenvalue weighted by Crippen LogP contribution is 2.23. The molecule has 0 saturated heterocycles. The number of nitrogens with one attached hydrogen (secondary N) is 1. The van der Waals surface area contributed by atoms with Crippen LogP contribution >= 0.6 is 15.9 Å². The van der Waals surface area contributed by atoms with Crippen LogP contribution in [0.2, 0.25) is 0 Å². The Kier molecular flexibility index (Phi) is 5.74. The Morgan fingerprint density at radius 1 is 1.15 bits per heavy atom. The lowest BCUT2D eigenvalue weighted by atomic mass is 10.0. The quantitative estimate of drug-likeness (QED) is 0.846. The molecule has 1 aromatic heterocycles. The van der Waals surface area contributed by atoms with Gasteiger partial charge in [-0.25, -0.2) is 0 Å². The number of nitrogens with zero attached hydrogens (tertiary/aromatic N) is 1. The maximum atomic E-state index is 4.67. The van der Waals surface area contributed by atoms with E-state index in [4.69, 9.17) is 0 Å². The Morgan fingerprint density at radius 3 is 2.65 bits per heavy atom. The zero-order valence-corrected chi connectivity index (χ0v) is 13.7. The number of aromatic nitrogens is 1. The highest BCUT2D eigenvalue weighted by atomic mass is 79.9. The van der Waals surface area contributed by atoms with Gasteiger partial charge in [0.05, 0.1) is 11.7 Å². The fourth-order valence-corrected chi connectivity index (χ4v) is 2.69. The van der Waals surface area contributed by atoms with Gasteiger partial charge >= 0.3 is 0 Å². The van der Waals surface area contributed by atoms with Crippen molar-refractivity contribution in [3.8, 4) is 0 Å². The molecule has 3 heteroatoms. The van der Waals surface area contributed by atoms with Crippen LogP contribution in [0.25, 0.3) is 0 Å². The Hall–Kier alpha value is -1.19. The monoisotopic (exact) mass is 332 g/mol. The molecule has 106 valence electrons. The molecule has 1 unspecified atom stereocenters. The second kappa shape index (κ2) is 7.55. The van der Waals surface area contributed by atoms with Crippen LogP contribution < -0.4 is 5.32 Å². The molecule has 0 fully saturated rings. The van der Waals surface area contributed by atoms with E-state index in [0.717, 1.165) is 35.2 Å². The molecular weight excluding hydrogens is 312 g/mol. The van der Waals surface area contributed by atoms with E-state index in [9.17, 15) is 0 Å². The molecule has 0 spiro atoms. The van der Waals surface area contributed by atoms with Gasteiger partial charge in [-0.3, -0.25) is 4.98 Å². The number of pyridine rings is 1. The fourth-order valence-electron chi connectivity index (χ4n) is 2.24. The van der Waals surface area contributed by atoms with Crippen LogP contribution in [0.1, 0.15) is 36.3 Å². The van der Waals surface area contributed by atoms with Crippen LogP contribution in [0.3, 0.4) is 0 Å². The largest absolute Gasteiger partial charge is 0.308 e.